The van der Waals surface area contributed by atoms with E-state index in [0.29, 0.717) is 12.2 Å². The summed E-state index contributed by atoms with van der Waals surface area (Å²) in [6.45, 7) is 3.62. The van der Waals surface area contributed by atoms with Gasteiger partial charge in [-0.05, 0) is 67.1 Å². The van der Waals surface area contributed by atoms with Gasteiger partial charge in [0.05, 0.1) is 5.69 Å². The Morgan fingerprint density at radius 3 is 2.38 bits per heavy atom. The number of anilines is 2. The standard InChI is InChI=1S/C19H19F3N4O2S/c1-3-18(2)16(27)26(13-4-6-14(7-5-13)29-19(20,21)22)17(28)25(18)11-12-8-9-24-15(23)10-12/h4-10H,3,11H2,1-2H3,(H2,23,24). The van der Waals surface area contributed by atoms with E-state index in [0.717, 1.165) is 10.5 Å². The molecule has 29 heavy (non-hydrogen) atoms. The van der Waals surface area contributed by atoms with E-state index >= 15 is 0 Å². The molecule has 1 aliphatic rings. The molecule has 0 saturated carbocycles. The van der Waals surface area contributed by atoms with Crippen molar-refractivity contribution in [3.8, 4) is 0 Å². The number of rotatable bonds is 5. The predicted molar refractivity (Wildman–Crippen MR) is 104 cm³/mol. The quantitative estimate of drug-likeness (QED) is 0.568. The summed E-state index contributed by atoms with van der Waals surface area (Å²) in [7, 11) is 0. The van der Waals surface area contributed by atoms with Gasteiger partial charge in [-0.3, -0.25) is 4.79 Å². The van der Waals surface area contributed by atoms with Gasteiger partial charge in [0, 0.05) is 17.6 Å². The Morgan fingerprint density at radius 1 is 1.17 bits per heavy atom. The molecule has 2 aromatic rings. The minimum Gasteiger partial charge on any atom is -0.384 e. The second-order valence-corrected chi connectivity index (χ2v) is 7.91. The fourth-order valence-corrected chi connectivity index (χ4v) is 3.70. The molecule has 3 rings (SSSR count). The zero-order valence-corrected chi connectivity index (χ0v) is 16.5. The number of carbonyl (C=O) groups excluding carboxylic acids is 2. The number of alkyl halides is 3. The lowest BCUT2D eigenvalue weighted by atomic mass is 9.96. The van der Waals surface area contributed by atoms with E-state index < -0.39 is 23.0 Å². The Kier molecular flexibility index (Phi) is 5.48. The van der Waals surface area contributed by atoms with Crippen LogP contribution in [0.4, 0.5) is 29.5 Å². The number of amides is 3. The summed E-state index contributed by atoms with van der Waals surface area (Å²) >= 11 is -0.255. The average molecular weight is 424 g/mol. The van der Waals surface area contributed by atoms with Crippen LogP contribution >= 0.6 is 11.8 Å². The third kappa shape index (κ3) is 4.16. The molecule has 2 N–H and O–H groups in total. The predicted octanol–water partition coefficient (Wildman–Crippen LogP) is 4.41. The number of nitrogens with zero attached hydrogens (tertiary/aromatic N) is 3. The number of benzene rings is 1. The number of nitrogen functional groups attached to an aromatic ring is 1. The summed E-state index contributed by atoms with van der Waals surface area (Å²) in [5.74, 6) is -0.128. The van der Waals surface area contributed by atoms with Crippen molar-refractivity contribution in [2.75, 3.05) is 10.6 Å². The zero-order chi connectivity index (χ0) is 21.4. The minimum absolute atomic E-state index is 0.0253. The Balaban J connectivity index is 1.90. The lowest BCUT2D eigenvalue weighted by Crippen LogP contribution is -2.46. The highest BCUT2D eigenvalue weighted by Crippen LogP contribution is 2.39. The SMILES string of the molecule is CCC1(C)C(=O)N(c2ccc(SC(F)(F)F)cc2)C(=O)N1Cc1ccnc(N)c1. The van der Waals surface area contributed by atoms with Gasteiger partial charge in [-0.25, -0.2) is 14.7 Å². The number of urea groups is 1. The molecule has 1 fully saturated rings. The molecule has 0 radical (unpaired) electrons. The largest absolute Gasteiger partial charge is 0.446 e. The van der Waals surface area contributed by atoms with E-state index in [2.05, 4.69) is 4.98 Å². The molecule has 10 heteroatoms. The fraction of sp³-hybridized carbons (Fsp3) is 0.316. The van der Waals surface area contributed by atoms with Gasteiger partial charge in [-0.1, -0.05) is 6.92 Å². The molecule has 1 aromatic heterocycles. The summed E-state index contributed by atoms with van der Waals surface area (Å²) in [5.41, 5.74) is 1.14. The molecule has 6 nitrogen and oxygen atoms in total. The normalized spacial score (nSPS) is 19.9. The highest BCUT2D eigenvalue weighted by molar-refractivity contribution is 8.00. The number of nitrogens with two attached hydrogens (primary N) is 1. The first kappa shape index (κ1) is 21.0. The minimum atomic E-state index is -4.41. The number of halogens is 3. The maximum absolute atomic E-state index is 13.1. The van der Waals surface area contributed by atoms with Crippen molar-refractivity contribution < 1.29 is 22.8 Å². The highest BCUT2D eigenvalue weighted by Gasteiger charge is 2.53. The van der Waals surface area contributed by atoms with Gasteiger partial charge in [0.2, 0.25) is 0 Å². The molecule has 1 unspecified atom stereocenters. The third-order valence-electron chi connectivity index (χ3n) is 4.88. The number of pyridine rings is 1. The highest BCUT2D eigenvalue weighted by atomic mass is 32.2. The van der Waals surface area contributed by atoms with Crippen LogP contribution in [0.1, 0.15) is 25.8 Å². The van der Waals surface area contributed by atoms with E-state index in [4.69, 9.17) is 5.73 Å². The van der Waals surface area contributed by atoms with Crippen molar-refractivity contribution in [2.45, 2.75) is 42.8 Å². The number of carbonyl (C=O) groups is 2. The van der Waals surface area contributed by atoms with Crippen LogP contribution in [0, 0.1) is 0 Å². The number of thioether (sulfide) groups is 1. The summed E-state index contributed by atoms with van der Waals surface area (Å²) in [5, 5.41) is 0. The molecular formula is C19H19F3N4O2S. The zero-order valence-electron chi connectivity index (χ0n) is 15.7. The van der Waals surface area contributed by atoms with Crippen molar-refractivity contribution in [2.24, 2.45) is 0 Å². The Bertz CT molecular complexity index is 936. The van der Waals surface area contributed by atoms with Crippen molar-refractivity contribution in [1.29, 1.82) is 0 Å². The van der Waals surface area contributed by atoms with E-state index in [1.54, 1.807) is 26.0 Å². The second kappa shape index (κ2) is 7.58. The molecule has 1 saturated heterocycles. The Morgan fingerprint density at radius 2 is 1.83 bits per heavy atom. The lowest BCUT2D eigenvalue weighted by Gasteiger charge is -2.30. The van der Waals surface area contributed by atoms with Crippen LogP contribution in [0.15, 0.2) is 47.5 Å². The smallest absolute Gasteiger partial charge is 0.384 e. The van der Waals surface area contributed by atoms with Crippen molar-refractivity contribution in [3.63, 3.8) is 0 Å². The molecule has 1 atom stereocenters. The van der Waals surface area contributed by atoms with Crippen LogP contribution in [0.25, 0.3) is 0 Å². The first-order valence-corrected chi connectivity index (χ1v) is 9.59. The van der Waals surface area contributed by atoms with Crippen LogP contribution in [0.5, 0.6) is 0 Å². The summed E-state index contributed by atoms with van der Waals surface area (Å²) in [6, 6.07) is 7.95. The van der Waals surface area contributed by atoms with Crippen molar-refractivity contribution in [3.05, 3.63) is 48.2 Å². The molecule has 1 aliphatic heterocycles. The van der Waals surface area contributed by atoms with Gasteiger partial charge in [-0.15, -0.1) is 0 Å². The number of aromatic nitrogens is 1. The van der Waals surface area contributed by atoms with Gasteiger partial charge >= 0.3 is 11.5 Å². The van der Waals surface area contributed by atoms with Gasteiger partial charge in [0.15, 0.2) is 0 Å². The topological polar surface area (TPSA) is 79.5 Å². The second-order valence-electron chi connectivity index (χ2n) is 6.77. The maximum Gasteiger partial charge on any atom is 0.446 e. The molecule has 0 bridgehead atoms. The molecule has 1 aromatic carbocycles. The van der Waals surface area contributed by atoms with E-state index in [1.807, 2.05) is 0 Å². The average Bonchev–Trinajstić information content (AvgIpc) is 2.83. The number of hydrogen-bond donors (Lipinski definition) is 1. The van der Waals surface area contributed by atoms with Crippen LogP contribution in [0.3, 0.4) is 0 Å². The molecule has 2 heterocycles. The third-order valence-corrected chi connectivity index (χ3v) is 5.62. The Labute approximate surface area is 169 Å². The summed E-state index contributed by atoms with van der Waals surface area (Å²) in [6.07, 6.45) is 1.89. The van der Waals surface area contributed by atoms with Gasteiger partial charge < -0.3 is 10.6 Å². The van der Waals surface area contributed by atoms with Crippen molar-refractivity contribution in [1.82, 2.24) is 9.88 Å². The Hall–Kier alpha value is -2.75. The first-order valence-electron chi connectivity index (χ1n) is 8.77. The van der Waals surface area contributed by atoms with E-state index in [9.17, 15) is 22.8 Å². The summed E-state index contributed by atoms with van der Waals surface area (Å²) < 4.78 is 37.6. The molecule has 154 valence electrons. The molecule has 0 spiro atoms. The monoisotopic (exact) mass is 424 g/mol. The van der Waals surface area contributed by atoms with Gasteiger partial charge in [-0.2, -0.15) is 13.2 Å². The van der Waals surface area contributed by atoms with E-state index in [-0.39, 0.29) is 28.9 Å². The number of imide groups is 1. The number of hydrogen-bond acceptors (Lipinski definition) is 5. The molecular weight excluding hydrogens is 405 g/mol. The fourth-order valence-electron chi connectivity index (χ4n) is 3.16. The lowest BCUT2D eigenvalue weighted by molar-refractivity contribution is -0.124. The first-order chi connectivity index (χ1) is 13.5. The van der Waals surface area contributed by atoms with Crippen LogP contribution < -0.4 is 10.6 Å². The van der Waals surface area contributed by atoms with Gasteiger partial charge in [0.1, 0.15) is 11.4 Å². The van der Waals surface area contributed by atoms with Crippen LogP contribution in [-0.2, 0) is 11.3 Å². The van der Waals surface area contributed by atoms with Gasteiger partial charge in [0.25, 0.3) is 5.91 Å². The van der Waals surface area contributed by atoms with Crippen LogP contribution in [0.2, 0.25) is 0 Å². The molecule has 3 amide bonds. The van der Waals surface area contributed by atoms with Crippen LogP contribution in [-0.4, -0.2) is 32.9 Å². The summed E-state index contributed by atoms with van der Waals surface area (Å²) in [4.78, 5) is 32.5. The van der Waals surface area contributed by atoms with Crippen molar-refractivity contribution >= 4 is 35.2 Å². The maximum atomic E-state index is 13.1. The molecule has 0 aliphatic carbocycles. The van der Waals surface area contributed by atoms with E-state index in [1.165, 1.54) is 35.4 Å².